The molecular weight excluding hydrogens is 308 g/mol. The molecule has 1 atom stereocenters. The van der Waals surface area contributed by atoms with Crippen molar-refractivity contribution < 1.29 is 19.2 Å². The predicted molar refractivity (Wildman–Crippen MR) is 84.0 cm³/mol. The summed E-state index contributed by atoms with van der Waals surface area (Å²) in [5, 5.41) is 12.6. The lowest BCUT2D eigenvalue weighted by Gasteiger charge is -2.29. The first-order valence-corrected chi connectivity index (χ1v) is 8.02. The minimum atomic E-state index is -0.510. The lowest BCUT2D eigenvalue weighted by molar-refractivity contribution is -0.380. The van der Waals surface area contributed by atoms with Crippen molar-refractivity contribution in [1.29, 1.82) is 0 Å². The number of nitro groups is 1. The number of ether oxygens (including phenoxy) is 2. The zero-order valence-electron chi connectivity index (χ0n) is 13.1. The fourth-order valence-corrected chi connectivity index (χ4v) is 2.85. The number of esters is 1. The van der Waals surface area contributed by atoms with Gasteiger partial charge in [-0.05, 0) is 25.5 Å². The number of carbonyl (C=O) groups is 1. The van der Waals surface area contributed by atoms with Crippen LogP contribution in [0, 0.1) is 10.1 Å². The van der Waals surface area contributed by atoms with Crippen LogP contribution in [0.15, 0.2) is 11.4 Å². The molecule has 0 aliphatic heterocycles. The maximum Gasteiger partial charge on any atom is 0.325 e. The number of hydrogen-bond acceptors (Lipinski definition) is 7. The molecule has 0 aromatic carbocycles. The van der Waals surface area contributed by atoms with Crippen LogP contribution in [0.1, 0.15) is 25.8 Å². The summed E-state index contributed by atoms with van der Waals surface area (Å²) in [4.78, 5) is 24.4. The molecule has 124 valence electrons. The maximum atomic E-state index is 12.1. The number of carbonyl (C=O) groups excluding carboxylic acids is 1. The van der Waals surface area contributed by atoms with Crippen molar-refractivity contribution in [2.45, 2.75) is 32.9 Å². The first-order chi connectivity index (χ1) is 10.5. The number of rotatable bonds is 10. The normalized spacial score (nSPS) is 12.4. The van der Waals surface area contributed by atoms with Crippen LogP contribution in [0.25, 0.3) is 0 Å². The molecule has 0 aliphatic rings. The third kappa shape index (κ3) is 5.36. The standard InChI is InChI=1S/C14H22N2O5S/c1-4-6-15(12(9-20-3)14(17)21-5-2)8-11-7-13(16(18)19)22-10-11/h7,10,12H,4-6,8-9H2,1-3H3. The van der Waals surface area contributed by atoms with Crippen LogP contribution in [0.3, 0.4) is 0 Å². The van der Waals surface area contributed by atoms with Crippen LogP contribution in [-0.4, -0.2) is 48.7 Å². The van der Waals surface area contributed by atoms with Gasteiger partial charge in [0, 0.05) is 25.1 Å². The molecule has 0 N–H and O–H groups in total. The van der Waals surface area contributed by atoms with E-state index in [-0.39, 0.29) is 17.6 Å². The third-order valence-electron chi connectivity index (χ3n) is 3.04. The lowest BCUT2D eigenvalue weighted by atomic mass is 10.2. The Morgan fingerprint density at radius 1 is 1.50 bits per heavy atom. The van der Waals surface area contributed by atoms with Crippen LogP contribution >= 0.6 is 11.3 Å². The SMILES string of the molecule is CCCN(Cc1csc([N+](=O)[O-])c1)C(COC)C(=O)OCC. The number of methoxy groups -OCH3 is 1. The Bertz CT molecular complexity index is 491. The van der Waals surface area contributed by atoms with E-state index in [4.69, 9.17) is 9.47 Å². The Balaban J connectivity index is 2.87. The molecule has 0 saturated heterocycles. The van der Waals surface area contributed by atoms with Crippen molar-refractivity contribution >= 4 is 22.3 Å². The first-order valence-electron chi connectivity index (χ1n) is 7.14. The molecule has 0 radical (unpaired) electrons. The second-order valence-electron chi connectivity index (χ2n) is 4.74. The topological polar surface area (TPSA) is 81.9 Å². The number of hydrogen-bond donors (Lipinski definition) is 0. The summed E-state index contributed by atoms with van der Waals surface area (Å²) in [7, 11) is 1.53. The van der Waals surface area contributed by atoms with Crippen molar-refractivity contribution in [1.82, 2.24) is 4.90 Å². The molecule has 1 rings (SSSR count). The molecule has 22 heavy (non-hydrogen) atoms. The molecule has 0 amide bonds. The van der Waals surface area contributed by atoms with Gasteiger partial charge >= 0.3 is 11.0 Å². The monoisotopic (exact) mass is 330 g/mol. The second-order valence-corrected chi connectivity index (χ2v) is 5.63. The molecule has 1 aromatic heterocycles. The molecule has 0 aliphatic carbocycles. The van der Waals surface area contributed by atoms with Gasteiger partial charge in [0.25, 0.3) is 0 Å². The van der Waals surface area contributed by atoms with E-state index in [2.05, 4.69) is 0 Å². The third-order valence-corrected chi connectivity index (χ3v) is 3.97. The highest BCUT2D eigenvalue weighted by atomic mass is 32.1. The molecule has 0 spiro atoms. The van der Waals surface area contributed by atoms with Gasteiger partial charge in [-0.15, -0.1) is 0 Å². The predicted octanol–water partition coefficient (Wildman–Crippen LogP) is 2.45. The van der Waals surface area contributed by atoms with E-state index in [1.165, 1.54) is 7.11 Å². The molecule has 1 aromatic rings. The summed E-state index contributed by atoms with van der Waals surface area (Å²) in [5.74, 6) is -0.331. The summed E-state index contributed by atoms with van der Waals surface area (Å²) in [5.41, 5.74) is 0.815. The summed E-state index contributed by atoms with van der Waals surface area (Å²) >= 11 is 1.09. The Hall–Kier alpha value is -1.51. The minimum absolute atomic E-state index is 0.103. The molecule has 7 nitrogen and oxygen atoms in total. The summed E-state index contributed by atoms with van der Waals surface area (Å²) < 4.78 is 10.2. The van der Waals surface area contributed by atoms with Gasteiger partial charge < -0.3 is 9.47 Å². The molecule has 0 bridgehead atoms. The van der Waals surface area contributed by atoms with Gasteiger partial charge in [-0.25, -0.2) is 0 Å². The van der Waals surface area contributed by atoms with Crippen LogP contribution in [0.5, 0.6) is 0 Å². The van der Waals surface area contributed by atoms with E-state index >= 15 is 0 Å². The highest BCUT2D eigenvalue weighted by molar-refractivity contribution is 7.13. The Kier molecular flexibility index (Phi) is 8.00. The summed E-state index contributed by atoms with van der Waals surface area (Å²) in [6, 6.07) is 1.03. The Morgan fingerprint density at radius 2 is 2.23 bits per heavy atom. The highest BCUT2D eigenvalue weighted by Crippen LogP contribution is 2.24. The van der Waals surface area contributed by atoms with Gasteiger partial charge in [0.2, 0.25) is 0 Å². The van der Waals surface area contributed by atoms with E-state index in [0.29, 0.717) is 19.7 Å². The Morgan fingerprint density at radius 3 is 2.73 bits per heavy atom. The average Bonchev–Trinajstić information content (AvgIpc) is 2.93. The number of thiophene rings is 1. The molecule has 0 saturated carbocycles. The molecule has 1 unspecified atom stereocenters. The average molecular weight is 330 g/mol. The van der Waals surface area contributed by atoms with Crippen LogP contribution in [0.4, 0.5) is 5.00 Å². The lowest BCUT2D eigenvalue weighted by Crippen LogP contribution is -2.45. The van der Waals surface area contributed by atoms with Gasteiger partial charge in [-0.3, -0.25) is 19.8 Å². The fraction of sp³-hybridized carbons (Fsp3) is 0.643. The summed E-state index contributed by atoms with van der Waals surface area (Å²) in [6.45, 7) is 5.43. The highest BCUT2D eigenvalue weighted by Gasteiger charge is 2.27. The van der Waals surface area contributed by atoms with E-state index < -0.39 is 11.0 Å². The largest absolute Gasteiger partial charge is 0.465 e. The van der Waals surface area contributed by atoms with Crippen molar-refractivity contribution in [3.05, 3.63) is 27.1 Å². The molecular formula is C14H22N2O5S. The van der Waals surface area contributed by atoms with Gasteiger partial charge in [0.1, 0.15) is 6.04 Å². The maximum absolute atomic E-state index is 12.1. The van der Waals surface area contributed by atoms with E-state index in [1.54, 1.807) is 18.4 Å². The van der Waals surface area contributed by atoms with Crippen molar-refractivity contribution in [3.8, 4) is 0 Å². The van der Waals surface area contributed by atoms with Gasteiger partial charge in [0.05, 0.1) is 18.1 Å². The van der Waals surface area contributed by atoms with Crippen LogP contribution < -0.4 is 0 Å². The van der Waals surface area contributed by atoms with Gasteiger partial charge in [-0.1, -0.05) is 18.3 Å². The van der Waals surface area contributed by atoms with Crippen molar-refractivity contribution in [2.24, 2.45) is 0 Å². The minimum Gasteiger partial charge on any atom is -0.465 e. The second kappa shape index (κ2) is 9.50. The zero-order valence-corrected chi connectivity index (χ0v) is 13.9. The smallest absolute Gasteiger partial charge is 0.325 e. The fourth-order valence-electron chi connectivity index (χ4n) is 2.13. The zero-order chi connectivity index (χ0) is 16.5. The summed E-state index contributed by atoms with van der Waals surface area (Å²) in [6.07, 6.45) is 0.853. The quantitative estimate of drug-likeness (QED) is 0.372. The van der Waals surface area contributed by atoms with Crippen molar-refractivity contribution in [3.63, 3.8) is 0 Å². The molecule has 1 heterocycles. The van der Waals surface area contributed by atoms with Crippen molar-refractivity contribution in [2.75, 3.05) is 26.9 Å². The first kappa shape index (κ1) is 18.5. The van der Waals surface area contributed by atoms with E-state index in [1.807, 2.05) is 11.8 Å². The van der Waals surface area contributed by atoms with Crippen LogP contribution in [-0.2, 0) is 20.8 Å². The molecule has 0 fully saturated rings. The number of nitrogens with zero attached hydrogens (tertiary/aromatic N) is 2. The van der Waals surface area contributed by atoms with E-state index in [9.17, 15) is 14.9 Å². The molecule has 8 heteroatoms. The van der Waals surface area contributed by atoms with Gasteiger partial charge in [0.15, 0.2) is 0 Å². The Labute approximate surface area is 134 Å². The van der Waals surface area contributed by atoms with E-state index in [0.717, 1.165) is 23.3 Å². The van der Waals surface area contributed by atoms with Gasteiger partial charge in [-0.2, -0.15) is 0 Å². The van der Waals surface area contributed by atoms with Crippen LogP contribution in [0.2, 0.25) is 0 Å².